The van der Waals surface area contributed by atoms with Crippen LogP contribution >= 0.6 is 0 Å². The van der Waals surface area contributed by atoms with Gasteiger partial charge in [-0.2, -0.15) is 5.26 Å². The van der Waals surface area contributed by atoms with Crippen molar-refractivity contribution in [2.45, 2.75) is 20.8 Å². The summed E-state index contributed by atoms with van der Waals surface area (Å²) in [5.74, 6) is 0.679. The van der Waals surface area contributed by atoms with E-state index < -0.39 is 0 Å². The first-order valence-corrected chi connectivity index (χ1v) is 8.46. The van der Waals surface area contributed by atoms with Gasteiger partial charge in [-0.25, -0.2) is 9.97 Å². The number of nitriles is 1. The highest BCUT2D eigenvalue weighted by molar-refractivity contribution is 6.03. The summed E-state index contributed by atoms with van der Waals surface area (Å²) < 4.78 is 0. The van der Waals surface area contributed by atoms with Gasteiger partial charge in [-0.3, -0.25) is 4.79 Å². The van der Waals surface area contributed by atoms with Gasteiger partial charge in [0, 0.05) is 17.4 Å². The number of hydrogen-bond acceptors (Lipinski definition) is 5. The fraction of sp³-hybridized carbons (Fsp3) is 0.143. The molecule has 3 aromatic rings. The van der Waals surface area contributed by atoms with Crippen molar-refractivity contribution in [1.82, 2.24) is 9.97 Å². The van der Waals surface area contributed by atoms with Crippen molar-refractivity contribution in [3.63, 3.8) is 0 Å². The van der Waals surface area contributed by atoms with Crippen LogP contribution in [0.15, 0.2) is 48.5 Å². The van der Waals surface area contributed by atoms with Crippen LogP contribution in [0, 0.1) is 32.1 Å². The molecular weight excluding hydrogens is 338 g/mol. The second kappa shape index (κ2) is 7.67. The molecule has 134 valence electrons. The first-order valence-electron chi connectivity index (χ1n) is 8.46. The summed E-state index contributed by atoms with van der Waals surface area (Å²) in [5.41, 5.74) is 4.40. The Morgan fingerprint density at radius 3 is 2.41 bits per heavy atom. The van der Waals surface area contributed by atoms with Crippen LogP contribution in [0.2, 0.25) is 0 Å². The maximum atomic E-state index is 12.6. The summed E-state index contributed by atoms with van der Waals surface area (Å²) in [7, 11) is 0. The van der Waals surface area contributed by atoms with E-state index in [2.05, 4.69) is 20.6 Å². The monoisotopic (exact) mass is 357 g/mol. The van der Waals surface area contributed by atoms with E-state index >= 15 is 0 Å². The number of amides is 1. The van der Waals surface area contributed by atoms with Crippen molar-refractivity contribution in [3.05, 3.63) is 76.7 Å². The maximum Gasteiger partial charge on any atom is 0.274 e. The maximum absolute atomic E-state index is 12.6. The molecule has 0 saturated carbocycles. The van der Waals surface area contributed by atoms with Crippen LogP contribution in [0.1, 0.15) is 33.0 Å². The molecule has 6 nitrogen and oxygen atoms in total. The highest BCUT2D eigenvalue weighted by atomic mass is 16.1. The molecule has 2 aromatic carbocycles. The number of carbonyl (C=O) groups is 1. The van der Waals surface area contributed by atoms with Crippen molar-refractivity contribution < 1.29 is 4.79 Å². The van der Waals surface area contributed by atoms with Crippen LogP contribution in [-0.4, -0.2) is 15.9 Å². The van der Waals surface area contributed by atoms with E-state index in [0.717, 1.165) is 16.8 Å². The van der Waals surface area contributed by atoms with Crippen molar-refractivity contribution in [1.29, 1.82) is 5.26 Å². The molecule has 0 spiro atoms. The predicted octanol–water partition coefficient (Wildman–Crippen LogP) is 4.27. The largest absolute Gasteiger partial charge is 0.340 e. The Morgan fingerprint density at radius 2 is 1.70 bits per heavy atom. The van der Waals surface area contributed by atoms with E-state index in [4.69, 9.17) is 5.26 Å². The van der Waals surface area contributed by atoms with Gasteiger partial charge in [0.15, 0.2) is 0 Å². The van der Waals surface area contributed by atoms with Crippen molar-refractivity contribution in [3.8, 4) is 6.07 Å². The van der Waals surface area contributed by atoms with E-state index in [1.165, 1.54) is 0 Å². The second-order valence-corrected chi connectivity index (χ2v) is 6.22. The lowest BCUT2D eigenvalue weighted by molar-refractivity contribution is 0.102. The number of nitrogens with one attached hydrogen (secondary N) is 2. The van der Waals surface area contributed by atoms with Crippen LogP contribution in [0.5, 0.6) is 0 Å². The lowest BCUT2D eigenvalue weighted by Gasteiger charge is -2.13. The molecular formula is C21H19N5O. The van der Waals surface area contributed by atoms with Gasteiger partial charge in [0.25, 0.3) is 5.91 Å². The fourth-order valence-electron chi connectivity index (χ4n) is 2.75. The van der Waals surface area contributed by atoms with Crippen LogP contribution in [0.3, 0.4) is 0 Å². The van der Waals surface area contributed by atoms with Crippen LogP contribution in [-0.2, 0) is 0 Å². The smallest absolute Gasteiger partial charge is 0.274 e. The van der Waals surface area contributed by atoms with Gasteiger partial charge in [-0.15, -0.1) is 0 Å². The average Bonchev–Trinajstić information content (AvgIpc) is 2.64. The molecule has 0 aliphatic rings. The summed E-state index contributed by atoms with van der Waals surface area (Å²) in [4.78, 5) is 21.2. The quantitative estimate of drug-likeness (QED) is 0.728. The molecule has 0 saturated heterocycles. The number of benzene rings is 2. The third kappa shape index (κ3) is 4.28. The van der Waals surface area contributed by atoms with Crippen molar-refractivity contribution >= 4 is 23.1 Å². The number of aryl methyl sites for hydroxylation is 3. The average molecular weight is 357 g/mol. The number of carbonyl (C=O) groups excluding carboxylic acids is 1. The topological polar surface area (TPSA) is 90.7 Å². The molecule has 2 N–H and O–H groups in total. The Hall–Kier alpha value is -3.72. The number of nitrogens with zero attached hydrogens (tertiary/aromatic N) is 3. The summed E-state index contributed by atoms with van der Waals surface area (Å²) in [6.07, 6.45) is 0. The Balaban J connectivity index is 1.86. The zero-order valence-corrected chi connectivity index (χ0v) is 15.4. The number of hydrogen-bond donors (Lipinski definition) is 2. The Labute approximate surface area is 157 Å². The summed E-state index contributed by atoms with van der Waals surface area (Å²) in [6.45, 7) is 5.77. The van der Waals surface area contributed by atoms with E-state index in [0.29, 0.717) is 22.9 Å². The molecule has 0 aliphatic carbocycles. The lowest BCUT2D eigenvalue weighted by atomic mass is 10.1. The van der Waals surface area contributed by atoms with E-state index in [1.807, 2.05) is 38.1 Å². The van der Waals surface area contributed by atoms with E-state index in [-0.39, 0.29) is 11.6 Å². The fourth-order valence-corrected chi connectivity index (χ4v) is 2.75. The van der Waals surface area contributed by atoms with Crippen LogP contribution in [0.25, 0.3) is 0 Å². The zero-order chi connectivity index (χ0) is 19.4. The van der Waals surface area contributed by atoms with Crippen LogP contribution < -0.4 is 10.6 Å². The summed E-state index contributed by atoms with van der Waals surface area (Å²) in [6, 6.07) is 16.4. The molecule has 1 heterocycles. The number of para-hydroxylation sites is 1. The normalized spacial score (nSPS) is 10.1. The molecule has 0 unspecified atom stereocenters. The zero-order valence-electron chi connectivity index (χ0n) is 15.4. The minimum Gasteiger partial charge on any atom is -0.340 e. The molecule has 1 amide bonds. The van der Waals surface area contributed by atoms with Gasteiger partial charge in [0.05, 0.1) is 11.6 Å². The summed E-state index contributed by atoms with van der Waals surface area (Å²) in [5, 5.41) is 15.0. The highest BCUT2D eigenvalue weighted by Gasteiger charge is 2.12. The minimum atomic E-state index is -0.361. The van der Waals surface area contributed by atoms with Gasteiger partial charge in [-0.05, 0) is 50.1 Å². The molecule has 0 atom stereocenters. The van der Waals surface area contributed by atoms with Gasteiger partial charge in [-0.1, -0.05) is 24.3 Å². The standard InChI is InChI=1S/C21H19N5O/c1-13-6-4-7-14(2)20(13)26-19-11-18(23-15(3)24-19)21(27)25-17-9-5-8-16(10-17)12-22/h4-11H,1-3H3,(H,25,27)(H,23,24,26). The van der Waals surface area contributed by atoms with Crippen molar-refractivity contribution in [2.75, 3.05) is 10.6 Å². The van der Waals surface area contributed by atoms with Gasteiger partial charge >= 0.3 is 0 Å². The van der Waals surface area contributed by atoms with Gasteiger partial charge in [0.1, 0.15) is 17.3 Å². The number of aromatic nitrogens is 2. The third-order valence-corrected chi connectivity index (χ3v) is 4.05. The Morgan fingerprint density at radius 1 is 1.00 bits per heavy atom. The molecule has 6 heteroatoms. The second-order valence-electron chi connectivity index (χ2n) is 6.22. The first-order chi connectivity index (χ1) is 13.0. The van der Waals surface area contributed by atoms with Crippen molar-refractivity contribution in [2.24, 2.45) is 0 Å². The molecule has 3 rings (SSSR count). The van der Waals surface area contributed by atoms with Gasteiger partial charge in [0.2, 0.25) is 0 Å². The Kier molecular flexibility index (Phi) is 5.13. The molecule has 0 bridgehead atoms. The van der Waals surface area contributed by atoms with E-state index in [9.17, 15) is 4.79 Å². The van der Waals surface area contributed by atoms with Gasteiger partial charge < -0.3 is 10.6 Å². The molecule has 27 heavy (non-hydrogen) atoms. The molecule has 1 aromatic heterocycles. The summed E-state index contributed by atoms with van der Waals surface area (Å²) >= 11 is 0. The van der Waals surface area contributed by atoms with Crippen LogP contribution in [0.4, 0.5) is 17.2 Å². The minimum absolute atomic E-state index is 0.249. The highest BCUT2D eigenvalue weighted by Crippen LogP contribution is 2.24. The molecule has 0 aliphatic heterocycles. The number of rotatable bonds is 4. The number of anilines is 3. The third-order valence-electron chi connectivity index (χ3n) is 4.05. The van der Waals surface area contributed by atoms with E-state index in [1.54, 1.807) is 37.3 Å². The molecule has 0 radical (unpaired) electrons. The first kappa shape index (κ1) is 18.1. The molecule has 0 fully saturated rings. The lowest BCUT2D eigenvalue weighted by Crippen LogP contribution is -2.15. The Bertz CT molecular complexity index is 1030. The predicted molar refractivity (Wildman–Crippen MR) is 105 cm³/mol. The SMILES string of the molecule is Cc1nc(Nc2c(C)cccc2C)cc(C(=O)Nc2cccc(C#N)c2)n1.